The van der Waals surface area contributed by atoms with Gasteiger partial charge in [0.2, 0.25) is 0 Å². The monoisotopic (exact) mass is 514 g/mol. The minimum Gasteiger partial charge on any atom is -0.496 e. The summed E-state index contributed by atoms with van der Waals surface area (Å²) in [6, 6.07) is 29.2. The Labute approximate surface area is 222 Å². The van der Waals surface area contributed by atoms with E-state index in [4.69, 9.17) is 9.47 Å². The van der Waals surface area contributed by atoms with Gasteiger partial charge < -0.3 is 9.47 Å². The molecule has 5 rings (SSSR count). The fourth-order valence-electron chi connectivity index (χ4n) is 5.92. The van der Waals surface area contributed by atoms with E-state index in [1.807, 2.05) is 18.2 Å². The molecule has 2 heterocycles. The predicted molar refractivity (Wildman–Crippen MR) is 148 cm³/mol. The number of piperazine rings is 1. The Morgan fingerprint density at radius 3 is 1.89 bits per heavy atom. The van der Waals surface area contributed by atoms with E-state index in [9.17, 15) is 0 Å². The Bertz CT molecular complexity index is 989. The molecule has 0 spiro atoms. The van der Waals surface area contributed by atoms with Crippen LogP contribution in [0.3, 0.4) is 0 Å². The second-order valence-electron chi connectivity index (χ2n) is 9.24. The predicted octanol–water partition coefficient (Wildman–Crippen LogP) is 6.03. The molecule has 0 N–H and O–H groups in total. The highest BCUT2D eigenvalue weighted by Crippen LogP contribution is 2.39. The first-order valence-electron chi connectivity index (χ1n) is 12.1. The molecule has 0 bridgehead atoms. The lowest BCUT2D eigenvalue weighted by atomic mass is 9.82. The molecule has 0 radical (unpaired) electrons. The number of methoxy groups -OCH3 is 2. The fourth-order valence-corrected chi connectivity index (χ4v) is 5.92. The summed E-state index contributed by atoms with van der Waals surface area (Å²) in [6.45, 7) is 4.14. The van der Waals surface area contributed by atoms with Crippen molar-refractivity contribution in [2.75, 3.05) is 33.9 Å². The van der Waals surface area contributed by atoms with Crippen LogP contribution in [-0.4, -0.2) is 55.7 Å². The molecule has 2 saturated heterocycles. The molecule has 2 unspecified atom stereocenters. The lowest BCUT2D eigenvalue weighted by Gasteiger charge is -2.47. The first kappa shape index (κ1) is 27.3. The molecule has 2 aliphatic heterocycles. The quantitative estimate of drug-likeness (QED) is 0.384. The Morgan fingerprint density at radius 2 is 1.34 bits per heavy atom. The number of ether oxygens (including phenoxy) is 2. The normalized spacial score (nSPS) is 20.0. The van der Waals surface area contributed by atoms with Crippen molar-refractivity contribution in [3.8, 4) is 11.5 Å². The van der Waals surface area contributed by atoms with E-state index in [1.165, 1.54) is 30.5 Å². The van der Waals surface area contributed by atoms with Gasteiger partial charge in [0, 0.05) is 37.6 Å². The second-order valence-corrected chi connectivity index (χ2v) is 9.24. The average molecular weight is 516 g/mol. The maximum Gasteiger partial charge on any atom is 0.127 e. The summed E-state index contributed by atoms with van der Waals surface area (Å²) in [6.07, 6.45) is 2.55. The van der Waals surface area contributed by atoms with Crippen LogP contribution in [-0.2, 0) is 6.54 Å². The lowest BCUT2D eigenvalue weighted by molar-refractivity contribution is 0.0377. The van der Waals surface area contributed by atoms with E-state index in [1.54, 1.807) is 14.2 Å². The van der Waals surface area contributed by atoms with Crippen LogP contribution in [0.1, 0.15) is 35.4 Å². The minimum absolute atomic E-state index is 0. The van der Waals surface area contributed by atoms with Crippen LogP contribution in [0.5, 0.6) is 11.5 Å². The maximum absolute atomic E-state index is 5.71. The molecule has 3 aromatic carbocycles. The Morgan fingerprint density at radius 1 is 0.771 bits per heavy atom. The van der Waals surface area contributed by atoms with Gasteiger partial charge in [0.05, 0.1) is 19.8 Å². The Kier molecular flexibility index (Phi) is 9.88. The van der Waals surface area contributed by atoms with E-state index >= 15 is 0 Å². The summed E-state index contributed by atoms with van der Waals surface area (Å²) < 4.78 is 11.4. The highest BCUT2D eigenvalue weighted by Gasteiger charge is 2.42. The van der Waals surface area contributed by atoms with Crippen LogP contribution in [0, 0.1) is 0 Å². The third kappa shape index (κ3) is 5.78. The molecular formula is C29H36Cl2N2O2. The number of fused-ring (bicyclic) bond motifs is 1. The van der Waals surface area contributed by atoms with Crippen LogP contribution in [0.25, 0.3) is 0 Å². The van der Waals surface area contributed by atoms with Gasteiger partial charge in [0.1, 0.15) is 11.5 Å². The number of nitrogens with zero attached hydrogens (tertiary/aromatic N) is 2. The van der Waals surface area contributed by atoms with Crippen molar-refractivity contribution in [1.29, 1.82) is 0 Å². The van der Waals surface area contributed by atoms with Gasteiger partial charge in [0.15, 0.2) is 0 Å². The molecule has 2 fully saturated rings. The lowest BCUT2D eigenvalue weighted by Crippen LogP contribution is -2.57. The van der Waals surface area contributed by atoms with E-state index in [0.29, 0.717) is 18.0 Å². The molecule has 3 aromatic rings. The summed E-state index contributed by atoms with van der Waals surface area (Å²) in [7, 11) is 3.49. The van der Waals surface area contributed by atoms with Gasteiger partial charge in [-0.2, -0.15) is 0 Å². The van der Waals surface area contributed by atoms with Gasteiger partial charge in [-0.05, 0) is 42.6 Å². The van der Waals surface area contributed by atoms with Crippen LogP contribution >= 0.6 is 24.8 Å². The van der Waals surface area contributed by atoms with E-state index < -0.39 is 0 Å². The highest BCUT2D eigenvalue weighted by atomic mass is 35.5. The van der Waals surface area contributed by atoms with Crippen molar-refractivity contribution in [3.05, 3.63) is 95.6 Å². The third-order valence-corrected chi connectivity index (χ3v) is 7.38. The van der Waals surface area contributed by atoms with E-state index in [2.05, 4.69) is 70.5 Å². The fraction of sp³-hybridized carbons (Fsp3) is 0.379. The zero-order chi connectivity index (χ0) is 22.6. The molecule has 0 saturated carbocycles. The first-order valence-corrected chi connectivity index (χ1v) is 12.1. The standard InChI is InChI=1S/C29H34N2O2.2ClH/c1-32-27-16-9-17-28(33-2)25(27)20-30-19-24-15-10-18-31(24)26(21-30)29(22-11-5-3-6-12-22)23-13-7-4-8-14-23;;/h3-9,11-14,16-17,24,26,29H,10,15,18-21H2,1-2H3;2*1H. The van der Waals surface area contributed by atoms with Crippen LogP contribution in [0.2, 0.25) is 0 Å². The second kappa shape index (κ2) is 12.6. The van der Waals surface area contributed by atoms with Gasteiger partial charge >= 0.3 is 0 Å². The third-order valence-electron chi connectivity index (χ3n) is 7.38. The van der Waals surface area contributed by atoms with Gasteiger partial charge in [-0.1, -0.05) is 66.7 Å². The molecule has 0 aromatic heterocycles. The SMILES string of the molecule is COc1cccc(OC)c1CN1CC2CCCN2C(C(c2ccccc2)c2ccccc2)C1.Cl.Cl. The molecule has 4 nitrogen and oxygen atoms in total. The van der Waals surface area contributed by atoms with Crippen LogP contribution < -0.4 is 9.47 Å². The summed E-state index contributed by atoms with van der Waals surface area (Å²) in [5.74, 6) is 2.15. The summed E-state index contributed by atoms with van der Waals surface area (Å²) >= 11 is 0. The first-order chi connectivity index (χ1) is 16.3. The number of hydrogen-bond acceptors (Lipinski definition) is 4. The number of hydrogen-bond donors (Lipinski definition) is 0. The van der Waals surface area contributed by atoms with Gasteiger partial charge in [-0.15, -0.1) is 24.8 Å². The molecule has 0 amide bonds. The van der Waals surface area contributed by atoms with Gasteiger partial charge in [-0.3, -0.25) is 9.80 Å². The summed E-state index contributed by atoms with van der Waals surface area (Å²) in [5.41, 5.74) is 3.94. The zero-order valence-corrected chi connectivity index (χ0v) is 22.1. The maximum atomic E-state index is 5.71. The molecule has 6 heteroatoms. The highest BCUT2D eigenvalue weighted by molar-refractivity contribution is 5.85. The molecule has 35 heavy (non-hydrogen) atoms. The smallest absolute Gasteiger partial charge is 0.127 e. The average Bonchev–Trinajstić information content (AvgIpc) is 3.34. The molecule has 188 valence electrons. The van der Waals surface area contributed by atoms with Crippen molar-refractivity contribution in [2.24, 2.45) is 0 Å². The van der Waals surface area contributed by atoms with Crippen molar-refractivity contribution in [2.45, 2.75) is 37.4 Å². The van der Waals surface area contributed by atoms with Crippen LogP contribution in [0.4, 0.5) is 0 Å². The Balaban J connectivity index is 0.00000171. The molecule has 0 aliphatic carbocycles. The number of rotatable bonds is 7. The Hall–Kier alpha value is -2.24. The van der Waals surface area contributed by atoms with Crippen molar-refractivity contribution < 1.29 is 9.47 Å². The number of halogens is 2. The van der Waals surface area contributed by atoms with Crippen molar-refractivity contribution in [1.82, 2.24) is 9.80 Å². The van der Waals surface area contributed by atoms with Crippen molar-refractivity contribution >= 4 is 24.8 Å². The molecular weight excluding hydrogens is 479 g/mol. The molecule has 2 atom stereocenters. The van der Waals surface area contributed by atoms with Gasteiger partial charge in [0.25, 0.3) is 0 Å². The van der Waals surface area contributed by atoms with Gasteiger partial charge in [-0.25, -0.2) is 0 Å². The van der Waals surface area contributed by atoms with E-state index in [-0.39, 0.29) is 24.8 Å². The number of benzene rings is 3. The summed E-state index contributed by atoms with van der Waals surface area (Å²) in [5, 5.41) is 0. The largest absolute Gasteiger partial charge is 0.496 e. The van der Waals surface area contributed by atoms with Crippen molar-refractivity contribution in [3.63, 3.8) is 0 Å². The topological polar surface area (TPSA) is 24.9 Å². The van der Waals surface area contributed by atoms with E-state index in [0.717, 1.165) is 36.7 Å². The molecule has 2 aliphatic rings. The summed E-state index contributed by atoms with van der Waals surface area (Å²) in [4.78, 5) is 5.41. The zero-order valence-electron chi connectivity index (χ0n) is 20.5. The minimum atomic E-state index is 0. The van der Waals surface area contributed by atoms with Crippen LogP contribution in [0.15, 0.2) is 78.9 Å².